The number of hydrogen-bond donors (Lipinski definition) is 0. The third kappa shape index (κ3) is 4.23. The van der Waals surface area contributed by atoms with Gasteiger partial charge in [0.1, 0.15) is 17.8 Å². The standard InChI is InChI=1S/C34H38O7/c1-22-12-11-17-25-31(2)18-19-34(20-26(35)38-21-34)41-33(31,4)28(40-30(37)24-15-9-6-10-16-24)27(32(22,25)3)39-29(36)23-13-7-5-8-14-23/h5-10,13-16,25,27-28H,1,11-12,17-21H2,2-4H3/t25-,27+,28+,31-,32+,33+,34-/m1/s1. The van der Waals surface area contributed by atoms with E-state index in [0.29, 0.717) is 17.5 Å². The molecule has 2 heterocycles. The van der Waals surface area contributed by atoms with Crippen LogP contribution in [0.15, 0.2) is 72.8 Å². The lowest BCUT2D eigenvalue weighted by molar-refractivity contribution is -0.338. The number of cyclic esters (lactones) is 1. The van der Waals surface area contributed by atoms with E-state index in [1.54, 1.807) is 48.5 Å². The Morgan fingerprint density at radius 3 is 2.02 bits per heavy atom. The first-order chi connectivity index (χ1) is 19.5. The first-order valence-corrected chi connectivity index (χ1v) is 14.6. The molecule has 0 radical (unpaired) electrons. The van der Waals surface area contributed by atoms with Crippen LogP contribution in [0.4, 0.5) is 0 Å². The Bertz CT molecular complexity index is 1370. The predicted octanol–water partition coefficient (Wildman–Crippen LogP) is 6.07. The van der Waals surface area contributed by atoms with Crippen LogP contribution in [-0.2, 0) is 23.7 Å². The molecular formula is C34H38O7. The van der Waals surface area contributed by atoms with Crippen LogP contribution in [0, 0.1) is 16.7 Å². The van der Waals surface area contributed by atoms with Gasteiger partial charge in [0.05, 0.1) is 17.5 Å². The molecule has 0 aromatic heterocycles. The van der Waals surface area contributed by atoms with Gasteiger partial charge in [0.2, 0.25) is 0 Å². The largest absolute Gasteiger partial charge is 0.463 e. The summed E-state index contributed by atoms with van der Waals surface area (Å²) in [5.74, 6) is -1.28. The summed E-state index contributed by atoms with van der Waals surface area (Å²) in [6.07, 6.45) is 2.35. The smallest absolute Gasteiger partial charge is 0.338 e. The molecule has 0 N–H and O–H groups in total. The molecule has 2 aliphatic carbocycles. The van der Waals surface area contributed by atoms with Crippen molar-refractivity contribution in [2.24, 2.45) is 16.7 Å². The Morgan fingerprint density at radius 2 is 1.46 bits per heavy atom. The fourth-order valence-corrected chi connectivity index (χ4v) is 8.25. The van der Waals surface area contributed by atoms with Gasteiger partial charge in [0.15, 0.2) is 12.2 Å². The number of fused-ring (bicyclic) bond motifs is 3. The average Bonchev–Trinajstić information content (AvgIpc) is 3.33. The molecule has 216 valence electrons. The van der Waals surface area contributed by atoms with E-state index in [1.165, 1.54) is 0 Å². The average molecular weight is 559 g/mol. The van der Waals surface area contributed by atoms with Crippen LogP contribution in [0.3, 0.4) is 0 Å². The van der Waals surface area contributed by atoms with Gasteiger partial charge in [0, 0.05) is 10.8 Å². The van der Waals surface area contributed by atoms with Gasteiger partial charge in [-0.2, -0.15) is 0 Å². The van der Waals surface area contributed by atoms with Gasteiger partial charge in [-0.25, -0.2) is 9.59 Å². The van der Waals surface area contributed by atoms with Crippen LogP contribution < -0.4 is 0 Å². The summed E-state index contributed by atoms with van der Waals surface area (Å²) in [7, 11) is 0. The van der Waals surface area contributed by atoms with Crippen molar-refractivity contribution in [1.29, 1.82) is 0 Å². The van der Waals surface area contributed by atoms with Crippen LogP contribution >= 0.6 is 0 Å². The van der Waals surface area contributed by atoms with Crippen molar-refractivity contribution in [3.63, 3.8) is 0 Å². The van der Waals surface area contributed by atoms with Crippen molar-refractivity contribution in [1.82, 2.24) is 0 Å². The van der Waals surface area contributed by atoms with Crippen molar-refractivity contribution in [2.45, 2.75) is 82.7 Å². The van der Waals surface area contributed by atoms with Gasteiger partial charge in [-0.1, -0.05) is 62.4 Å². The van der Waals surface area contributed by atoms with Gasteiger partial charge >= 0.3 is 17.9 Å². The highest BCUT2D eigenvalue weighted by Gasteiger charge is 2.74. The second kappa shape index (κ2) is 9.83. The van der Waals surface area contributed by atoms with Crippen LogP contribution in [0.2, 0.25) is 0 Å². The number of hydrogen-bond acceptors (Lipinski definition) is 7. The molecule has 2 aromatic carbocycles. The van der Waals surface area contributed by atoms with Crippen molar-refractivity contribution in [3.8, 4) is 0 Å². The van der Waals surface area contributed by atoms with E-state index >= 15 is 0 Å². The minimum atomic E-state index is -1.09. The molecule has 7 nitrogen and oxygen atoms in total. The van der Waals surface area contributed by atoms with Gasteiger partial charge < -0.3 is 18.9 Å². The van der Waals surface area contributed by atoms with Gasteiger partial charge in [-0.05, 0) is 69.2 Å². The van der Waals surface area contributed by atoms with E-state index in [1.807, 2.05) is 19.1 Å². The molecule has 6 rings (SSSR count). The lowest BCUT2D eigenvalue weighted by Crippen LogP contribution is -2.77. The molecule has 4 aliphatic rings. The molecule has 2 saturated heterocycles. The molecule has 7 atom stereocenters. The fraction of sp³-hybridized carbons (Fsp3) is 0.500. The van der Waals surface area contributed by atoms with Crippen LogP contribution in [0.5, 0.6) is 0 Å². The number of esters is 3. The molecule has 4 fully saturated rings. The molecule has 2 aromatic rings. The summed E-state index contributed by atoms with van der Waals surface area (Å²) >= 11 is 0. The Morgan fingerprint density at radius 1 is 0.878 bits per heavy atom. The SMILES string of the molecule is C=C1CCC[C@H]2[C@@]1(C)[C@@H](OC(=O)c1ccccc1)[C@H](OC(=O)c1ccccc1)[C@]1(C)O[C@@]3(CC[C@]21C)COC(=O)C3. The lowest BCUT2D eigenvalue weighted by Gasteiger charge is -2.69. The monoisotopic (exact) mass is 558 g/mol. The first kappa shape index (κ1) is 27.7. The maximum atomic E-state index is 13.7. The van der Waals surface area contributed by atoms with Crippen LogP contribution in [0.25, 0.3) is 0 Å². The molecule has 2 saturated carbocycles. The summed E-state index contributed by atoms with van der Waals surface area (Å²) in [4.78, 5) is 39.7. The Balaban J connectivity index is 1.50. The van der Waals surface area contributed by atoms with Crippen molar-refractivity contribution in [3.05, 3.63) is 83.9 Å². The Kier molecular flexibility index (Phi) is 6.64. The molecule has 41 heavy (non-hydrogen) atoms. The summed E-state index contributed by atoms with van der Waals surface area (Å²) in [6.45, 7) is 11.0. The molecule has 0 amide bonds. The second-order valence-electron chi connectivity index (χ2n) is 12.9. The molecule has 0 bridgehead atoms. The zero-order valence-electron chi connectivity index (χ0n) is 24.0. The van der Waals surface area contributed by atoms with Gasteiger partial charge in [-0.3, -0.25) is 4.79 Å². The summed E-state index contributed by atoms with van der Waals surface area (Å²) in [5.41, 5.74) is -1.26. The normalized spacial score (nSPS) is 38.0. The highest BCUT2D eigenvalue weighted by Crippen LogP contribution is 2.69. The van der Waals surface area contributed by atoms with Crippen molar-refractivity contribution >= 4 is 17.9 Å². The summed E-state index contributed by atoms with van der Waals surface area (Å²) < 4.78 is 25.4. The third-order valence-corrected chi connectivity index (χ3v) is 10.7. The van der Waals surface area contributed by atoms with Crippen molar-refractivity contribution in [2.75, 3.05) is 6.61 Å². The van der Waals surface area contributed by atoms with E-state index in [2.05, 4.69) is 20.4 Å². The van der Waals surface area contributed by atoms with Crippen LogP contribution in [0.1, 0.15) is 80.0 Å². The number of carbonyl (C=O) groups excluding carboxylic acids is 3. The number of benzene rings is 2. The zero-order chi connectivity index (χ0) is 29.0. The third-order valence-electron chi connectivity index (χ3n) is 10.7. The second-order valence-corrected chi connectivity index (χ2v) is 12.9. The number of rotatable bonds is 4. The number of carbonyl (C=O) groups is 3. The molecular weight excluding hydrogens is 520 g/mol. The minimum absolute atomic E-state index is 0.0388. The fourth-order valence-electron chi connectivity index (χ4n) is 8.25. The van der Waals surface area contributed by atoms with Crippen molar-refractivity contribution < 1.29 is 33.3 Å². The zero-order valence-corrected chi connectivity index (χ0v) is 24.0. The van der Waals surface area contributed by atoms with Gasteiger partial charge in [-0.15, -0.1) is 0 Å². The maximum absolute atomic E-state index is 13.7. The predicted molar refractivity (Wildman–Crippen MR) is 151 cm³/mol. The summed E-state index contributed by atoms with van der Waals surface area (Å²) in [6, 6.07) is 17.7. The molecule has 7 heteroatoms. The Labute approximate surface area is 241 Å². The maximum Gasteiger partial charge on any atom is 0.338 e. The van der Waals surface area contributed by atoms with E-state index < -0.39 is 46.2 Å². The van der Waals surface area contributed by atoms with E-state index in [4.69, 9.17) is 18.9 Å². The Hall–Kier alpha value is -3.45. The summed E-state index contributed by atoms with van der Waals surface area (Å²) in [5, 5.41) is 0. The van der Waals surface area contributed by atoms with Gasteiger partial charge in [0.25, 0.3) is 0 Å². The first-order valence-electron chi connectivity index (χ1n) is 14.6. The van der Waals surface area contributed by atoms with E-state index in [9.17, 15) is 14.4 Å². The number of ether oxygens (including phenoxy) is 4. The molecule has 0 unspecified atom stereocenters. The van der Waals surface area contributed by atoms with E-state index in [-0.39, 0.29) is 24.9 Å². The minimum Gasteiger partial charge on any atom is -0.463 e. The highest BCUT2D eigenvalue weighted by atomic mass is 16.6. The van der Waals surface area contributed by atoms with Crippen LogP contribution in [-0.4, -0.2) is 47.9 Å². The quantitative estimate of drug-likeness (QED) is 0.255. The van der Waals surface area contributed by atoms with E-state index in [0.717, 1.165) is 31.3 Å². The topological polar surface area (TPSA) is 88.1 Å². The molecule has 1 spiro atoms. The molecule has 2 aliphatic heterocycles. The lowest BCUT2D eigenvalue weighted by atomic mass is 9.42. The highest BCUT2D eigenvalue weighted by molar-refractivity contribution is 5.90.